The first-order valence-corrected chi connectivity index (χ1v) is 10.5. The summed E-state index contributed by atoms with van der Waals surface area (Å²) in [6.45, 7) is 2.30. The summed E-state index contributed by atoms with van der Waals surface area (Å²) in [6, 6.07) is 32.2. The van der Waals surface area contributed by atoms with E-state index < -0.39 is 0 Å². The van der Waals surface area contributed by atoms with E-state index in [1.54, 1.807) is 7.11 Å². The first-order chi connectivity index (χ1) is 14.8. The molecule has 1 aliphatic rings. The highest BCUT2D eigenvalue weighted by Gasteiger charge is 2.34. The molecule has 0 aliphatic carbocycles. The van der Waals surface area contributed by atoms with Gasteiger partial charge in [-0.3, -0.25) is 4.90 Å². The highest BCUT2D eigenvalue weighted by molar-refractivity contribution is 5.22. The molecule has 3 heteroatoms. The normalized spacial score (nSPS) is 17.0. The molecule has 0 N–H and O–H groups in total. The number of ether oxygens (including phenoxy) is 2. The molecule has 0 saturated heterocycles. The van der Waals surface area contributed by atoms with Crippen molar-refractivity contribution < 1.29 is 9.47 Å². The second-order valence-electron chi connectivity index (χ2n) is 7.70. The maximum absolute atomic E-state index is 6.19. The molecule has 1 heterocycles. The quantitative estimate of drug-likeness (QED) is 0.492. The van der Waals surface area contributed by atoms with Crippen molar-refractivity contribution in [1.82, 2.24) is 4.90 Å². The molecule has 0 unspecified atom stereocenters. The molecule has 3 aromatic carbocycles. The Bertz CT molecular complexity index is 883. The molecule has 0 saturated carbocycles. The van der Waals surface area contributed by atoms with Crippen molar-refractivity contribution in [3.63, 3.8) is 0 Å². The van der Waals surface area contributed by atoms with Crippen LogP contribution in [0, 0.1) is 0 Å². The van der Waals surface area contributed by atoms with Gasteiger partial charge in [-0.25, -0.2) is 0 Å². The van der Waals surface area contributed by atoms with Crippen LogP contribution in [-0.2, 0) is 29.0 Å². The Morgan fingerprint density at radius 2 is 1.30 bits per heavy atom. The maximum Gasteiger partial charge on any atom is 0.130 e. The van der Waals surface area contributed by atoms with Crippen LogP contribution in [0.25, 0.3) is 0 Å². The van der Waals surface area contributed by atoms with Crippen LogP contribution < -0.4 is 0 Å². The summed E-state index contributed by atoms with van der Waals surface area (Å²) in [5.74, 6) is 0.932. The molecule has 0 spiro atoms. The third kappa shape index (κ3) is 5.18. The van der Waals surface area contributed by atoms with Crippen molar-refractivity contribution in [2.24, 2.45) is 0 Å². The van der Waals surface area contributed by atoms with Gasteiger partial charge in [0.05, 0.1) is 13.7 Å². The molecular weight excluding hydrogens is 370 g/mol. The highest BCUT2D eigenvalue weighted by Crippen LogP contribution is 2.27. The Kier molecular flexibility index (Phi) is 6.96. The van der Waals surface area contributed by atoms with Gasteiger partial charge in [-0.05, 0) is 29.2 Å². The Morgan fingerprint density at radius 1 is 0.800 bits per heavy atom. The Balaban J connectivity index is 1.68. The van der Waals surface area contributed by atoms with Crippen molar-refractivity contribution >= 4 is 0 Å². The van der Waals surface area contributed by atoms with Crippen LogP contribution in [0.4, 0.5) is 0 Å². The number of nitrogens with zero attached hydrogens (tertiary/aromatic N) is 1. The lowest BCUT2D eigenvalue weighted by Crippen LogP contribution is -2.45. The fraction of sp³-hybridized carbons (Fsp3) is 0.259. The van der Waals surface area contributed by atoms with Crippen LogP contribution in [0.3, 0.4) is 0 Å². The zero-order valence-electron chi connectivity index (χ0n) is 17.5. The monoisotopic (exact) mass is 399 g/mol. The minimum atomic E-state index is -0.0809. The van der Waals surface area contributed by atoms with Crippen molar-refractivity contribution in [2.75, 3.05) is 13.7 Å². The summed E-state index contributed by atoms with van der Waals surface area (Å²) >= 11 is 0. The van der Waals surface area contributed by atoms with Crippen LogP contribution in [0.2, 0.25) is 0 Å². The van der Waals surface area contributed by atoms with E-state index in [9.17, 15) is 0 Å². The number of hydrogen-bond donors (Lipinski definition) is 0. The molecule has 0 fully saturated rings. The van der Waals surface area contributed by atoms with E-state index in [4.69, 9.17) is 9.47 Å². The average molecular weight is 400 g/mol. The zero-order valence-corrected chi connectivity index (χ0v) is 17.5. The smallest absolute Gasteiger partial charge is 0.130 e. The number of benzene rings is 3. The molecule has 1 aliphatic heterocycles. The minimum absolute atomic E-state index is 0.0809. The lowest BCUT2D eigenvalue weighted by Gasteiger charge is -2.36. The molecular formula is C27H29NO2. The molecule has 0 aromatic heterocycles. The Morgan fingerprint density at radius 3 is 1.80 bits per heavy atom. The number of hydrogen-bond acceptors (Lipinski definition) is 3. The first-order valence-electron chi connectivity index (χ1n) is 10.5. The van der Waals surface area contributed by atoms with Gasteiger partial charge in [0.1, 0.15) is 11.9 Å². The van der Waals surface area contributed by atoms with Gasteiger partial charge in [-0.1, -0.05) is 91.0 Å². The molecule has 4 rings (SSSR count). The van der Waals surface area contributed by atoms with Crippen LogP contribution in [-0.4, -0.2) is 30.8 Å². The SMILES string of the molecule is COC1=CCO[C@H]1[C@H](Cc1ccccc1)N(Cc1ccccc1)Cc1ccccc1. The molecule has 2 atom stereocenters. The molecule has 3 aromatic rings. The van der Waals surface area contributed by atoms with Gasteiger partial charge in [0, 0.05) is 19.1 Å². The van der Waals surface area contributed by atoms with Gasteiger partial charge in [-0.15, -0.1) is 0 Å². The van der Waals surface area contributed by atoms with Gasteiger partial charge in [0.2, 0.25) is 0 Å². The van der Waals surface area contributed by atoms with Gasteiger partial charge in [0.15, 0.2) is 0 Å². The van der Waals surface area contributed by atoms with Crippen LogP contribution in [0.15, 0.2) is 103 Å². The van der Waals surface area contributed by atoms with Crippen molar-refractivity contribution in [1.29, 1.82) is 0 Å². The fourth-order valence-corrected chi connectivity index (χ4v) is 4.14. The van der Waals surface area contributed by atoms with E-state index in [2.05, 4.69) is 102 Å². The van der Waals surface area contributed by atoms with Crippen molar-refractivity contribution in [2.45, 2.75) is 31.7 Å². The van der Waals surface area contributed by atoms with E-state index in [0.29, 0.717) is 6.61 Å². The van der Waals surface area contributed by atoms with Crippen molar-refractivity contribution in [3.8, 4) is 0 Å². The number of rotatable bonds is 9. The summed E-state index contributed by atoms with van der Waals surface area (Å²) in [5, 5.41) is 0. The predicted octanol–water partition coefficient (Wildman–Crippen LogP) is 5.23. The molecule has 0 amide bonds. The minimum Gasteiger partial charge on any atom is -0.499 e. The van der Waals surface area contributed by atoms with E-state index in [1.165, 1.54) is 16.7 Å². The summed E-state index contributed by atoms with van der Waals surface area (Å²) in [4.78, 5) is 2.53. The van der Waals surface area contributed by atoms with E-state index >= 15 is 0 Å². The van der Waals surface area contributed by atoms with Gasteiger partial charge in [-0.2, -0.15) is 0 Å². The highest BCUT2D eigenvalue weighted by atomic mass is 16.5. The Labute approximate surface area is 179 Å². The second kappa shape index (κ2) is 10.2. The largest absolute Gasteiger partial charge is 0.499 e. The standard InChI is InChI=1S/C27H29NO2/c1-29-26-17-18-30-27(26)25(19-22-11-5-2-6-12-22)28(20-23-13-7-3-8-14-23)21-24-15-9-4-10-16-24/h2-17,25,27H,18-21H2,1H3/t25-,27-/m0/s1. The van der Waals surface area contributed by atoms with Crippen LogP contribution >= 0.6 is 0 Å². The van der Waals surface area contributed by atoms with Gasteiger partial charge in [0.25, 0.3) is 0 Å². The molecule has 3 nitrogen and oxygen atoms in total. The first kappa shape index (κ1) is 20.4. The zero-order chi connectivity index (χ0) is 20.6. The predicted molar refractivity (Wildman–Crippen MR) is 121 cm³/mol. The van der Waals surface area contributed by atoms with E-state index in [0.717, 1.165) is 25.3 Å². The molecule has 0 bridgehead atoms. The lowest BCUT2D eigenvalue weighted by molar-refractivity contribution is 0.00326. The third-order valence-electron chi connectivity index (χ3n) is 5.64. The summed E-state index contributed by atoms with van der Waals surface area (Å²) < 4.78 is 11.9. The lowest BCUT2D eigenvalue weighted by atomic mass is 9.97. The average Bonchev–Trinajstić information content (AvgIpc) is 3.28. The molecule has 154 valence electrons. The summed E-state index contributed by atoms with van der Waals surface area (Å²) in [5.41, 5.74) is 3.90. The van der Waals surface area contributed by atoms with E-state index in [1.807, 2.05) is 0 Å². The molecule has 0 radical (unpaired) electrons. The third-order valence-corrected chi connectivity index (χ3v) is 5.64. The van der Waals surface area contributed by atoms with Gasteiger partial charge < -0.3 is 9.47 Å². The summed E-state index contributed by atoms with van der Waals surface area (Å²) in [7, 11) is 1.74. The van der Waals surface area contributed by atoms with Gasteiger partial charge >= 0.3 is 0 Å². The number of methoxy groups -OCH3 is 1. The van der Waals surface area contributed by atoms with E-state index in [-0.39, 0.29) is 12.1 Å². The van der Waals surface area contributed by atoms with Crippen molar-refractivity contribution in [3.05, 3.63) is 120 Å². The fourth-order valence-electron chi connectivity index (χ4n) is 4.14. The van der Waals surface area contributed by atoms with Crippen LogP contribution in [0.1, 0.15) is 16.7 Å². The maximum atomic E-state index is 6.19. The second-order valence-corrected chi connectivity index (χ2v) is 7.70. The van der Waals surface area contributed by atoms with Crippen LogP contribution in [0.5, 0.6) is 0 Å². The Hall–Kier alpha value is -2.88. The molecule has 30 heavy (non-hydrogen) atoms. The topological polar surface area (TPSA) is 21.7 Å². The summed E-state index contributed by atoms with van der Waals surface area (Å²) in [6.07, 6.45) is 2.88.